The van der Waals surface area contributed by atoms with E-state index >= 15 is 0 Å². The molecule has 0 radical (unpaired) electrons. The first kappa shape index (κ1) is 12.0. The zero-order valence-corrected chi connectivity index (χ0v) is 11.0. The molecule has 2 fully saturated rings. The number of fused-ring (bicyclic) bond motifs is 2. The number of likely N-dealkylation sites (N-methyl/N-ethyl adjacent to an activating group) is 1. The quantitative estimate of drug-likeness (QED) is 0.867. The molecule has 0 saturated carbocycles. The molecule has 1 aromatic carbocycles. The monoisotopic (exact) mass is 247 g/mol. The number of piperidine rings is 1. The van der Waals surface area contributed by atoms with Gasteiger partial charge in [0.05, 0.1) is 13.2 Å². The van der Waals surface area contributed by atoms with E-state index in [0.717, 1.165) is 18.6 Å². The molecular weight excluding hydrogens is 226 g/mol. The van der Waals surface area contributed by atoms with Crippen molar-refractivity contribution in [3.05, 3.63) is 29.8 Å². The molecule has 0 aromatic heterocycles. The van der Waals surface area contributed by atoms with Crippen molar-refractivity contribution in [3.63, 3.8) is 0 Å². The molecule has 3 rings (SSSR count). The van der Waals surface area contributed by atoms with E-state index in [-0.39, 0.29) is 12.0 Å². The van der Waals surface area contributed by atoms with E-state index in [4.69, 9.17) is 4.74 Å². The number of hydrogen-bond donors (Lipinski definition) is 1. The predicted octanol–water partition coefficient (Wildman–Crippen LogP) is 2.01. The van der Waals surface area contributed by atoms with Crippen LogP contribution in [0.2, 0.25) is 0 Å². The second-order valence-electron chi connectivity index (χ2n) is 5.57. The Balaban J connectivity index is 1.83. The molecule has 18 heavy (non-hydrogen) atoms. The molecule has 4 atom stereocenters. The van der Waals surface area contributed by atoms with E-state index in [1.54, 1.807) is 7.11 Å². The maximum atomic E-state index is 10.5. The highest BCUT2D eigenvalue weighted by Crippen LogP contribution is 2.42. The summed E-state index contributed by atoms with van der Waals surface area (Å²) in [6.07, 6.45) is 3.20. The molecule has 1 aromatic rings. The maximum absolute atomic E-state index is 10.5. The van der Waals surface area contributed by atoms with Crippen molar-refractivity contribution in [2.75, 3.05) is 14.2 Å². The van der Waals surface area contributed by atoms with E-state index in [1.165, 1.54) is 12.0 Å². The number of methoxy groups -OCH3 is 1. The van der Waals surface area contributed by atoms with E-state index < -0.39 is 0 Å². The highest BCUT2D eigenvalue weighted by Gasteiger charge is 2.45. The first-order valence-electron chi connectivity index (χ1n) is 6.74. The molecule has 2 saturated heterocycles. The van der Waals surface area contributed by atoms with Crippen LogP contribution in [0.25, 0.3) is 0 Å². The Morgan fingerprint density at radius 1 is 1.22 bits per heavy atom. The van der Waals surface area contributed by atoms with Crippen molar-refractivity contribution < 1.29 is 9.84 Å². The fraction of sp³-hybridized carbons (Fsp3) is 0.600. The molecule has 1 N–H and O–H groups in total. The summed E-state index contributed by atoms with van der Waals surface area (Å²) >= 11 is 0. The summed E-state index contributed by atoms with van der Waals surface area (Å²) in [5.41, 5.74) is 1.24. The minimum Gasteiger partial charge on any atom is -0.497 e. The molecular formula is C15H21NO2. The largest absolute Gasteiger partial charge is 0.497 e. The summed E-state index contributed by atoms with van der Waals surface area (Å²) in [4.78, 5) is 2.37. The zero-order valence-electron chi connectivity index (χ0n) is 11.0. The standard InChI is InChI=1S/C15H21NO2/c1-16-11-5-8-14(16)15(17)13(9-11)10-3-6-12(18-2)7-4-10/h3-4,6-7,11,13-15,17H,5,8-9H2,1-2H3/t11-,13+,14-,15-/m1/s1. The summed E-state index contributed by atoms with van der Waals surface area (Å²) in [6, 6.07) is 9.15. The van der Waals surface area contributed by atoms with Crippen LogP contribution in [0.15, 0.2) is 24.3 Å². The Labute approximate surface area is 108 Å². The van der Waals surface area contributed by atoms with Gasteiger partial charge in [-0.05, 0) is 44.0 Å². The molecule has 0 aliphatic carbocycles. The van der Waals surface area contributed by atoms with Crippen LogP contribution in [0.1, 0.15) is 30.7 Å². The topological polar surface area (TPSA) is 32.7 Å². The number of rotatable bonds is 2. The van der Waals surface area contributed by atoms with Crippen LogP contribution < -0.4 is 4.74 Å². The second-order valence-corrected chi connectivity index (χ2v) is 5.57. The average Bonchev–Trinajstić information content (AvgIpc) is 2.66. The van der Waals surface area contributed by atoms with Gasteiger partial charge in [-0.15, -0.1) is 0 Å². The van der Waals surface area contributed by atoms with Gasteiger partial charge in [-0.1, -0.05) is 12.1 Å². The Bertz CT molecular complexity index is 417. The van der Waals surface area contributed by atoms with Gasteiger partial charge in [0, 0.05) is 18.0 Å². The Hall–Kier alpha value is -1.06. The van der Waals surface area contributed by atoms with Crippen LogP contribution in [0.4, 0.5) is 0 Å². The van der Waals surface area contributed by atoms with Crippen LogP contribution in [0.5, 0.6) is 5.75 Å². The van der Waals surface area contributed by atoms with Gasteiger partial charge in [0.2, 0.25) is 0 Å². The van der Waals surface area contributed by atoms with Crippen molar-refractivity contribution in [3.8, 4) is 5.75 Å². The third kappa shape index (κ3) is 1.82. The van der Waals surface area contributed by atoms with Gasteiger partial charge in [-0.25, -0.2) is 0 Å². The third-order valence-electron chi connectivity index (χ3n) is 4.77. The molecule has 3 heteroatoms. The highest BCUT2D eigenvalue weighted by molar-refractivity contribution is 5.31. The predicted molar refractivity (Wildman–Crippen MR) is 70.9 cm³/mol. The van der Waals surface area contributed by atoms with Crippen molar-refractivity contribution in [2.45, 2.75) is 43.4 Å². The molecule has 98 valence electrons. The lowest BCUT2D eigenvalue weighted by Crippen LogP contribution is -2.48. The Kier molecular flexibility index (Phi) is 3.04. The first-order valence-corrected chi connectivity index (χ1v) is 6.74. The van der Waals surface area contributed by atoms with Crippen LogP contribution in [0, 0.1) is 0 Å². The summed E-state index contributed by atoms with van der Waals surface area (Å²) in [6.45, 7) is 0. The van der Waals surface area contributed by atoms with Gasteiger partial charge < -0.3 is 9.84 Å². The summed E-state index contributed by atoms with van der Waals surface area (Å²) in [5.74, 6) is 1.16. The van der Waals surface area contributed by atoms with Gasteiger partial charge in [0.25, 0.3) is 0 Å². The molecule has 2 aliphatic heterocycles. The number of nitrogens with zero attached hydrogens (tertiary/aromatic N) is 1. The molecule has 2 aliphatic rings. The summed E-state index contributed by atoms with van der Waals surface area (Å²) in [5, 5.41) is 10.5. The minimum absolute atomic E-state index is 0.234. The molecule has 2 heterocycles. The molecule has 0 unspecified atom stereocenters. The minimum atomic E-state index is -0.234. The van der Waals surface area contributed by atoms with Gasteiger partial charge >= 0.3 is 0 Å². The third-order valence-corrected chi connectivity index (χ3v) is 4.77. The van der Waals surface area contributed by atoms with Gasteiger partial charge in [0.15, 0.2) is 0 Å². The number of benzene rings is 1. The van der Waals surface area contributed by atoms with Crippen LogP contribution >= 0.6 is 0 Å². The van der Waals surface area contributed by atoms with E-state index in [1.807, 2.05) is 12.1 Å². The zero-order chi connectivity index (χ0) is 12.7. The van der Waals surface area contributed by atoms with E-state index in [9.17, 15) is 5.11 Å². The van der Waals surface area contributed by atoms with E-state index in [2.05, 4.69) is 24.1 Å². The lowest BCUT2D eigenvalue weighted by atomic mass is 9.83. The second kappa shape index (κ2) is 4.56. The fourth-order valence-corrected chi connectivity index (χ4v) is 3.62. The smallest absolute Gasteiger partial charge is 0.118 e. The van der Waals surface area contributed by atoms with Crippen molar-refractivity contribution in [1.29, 1.82) is 0 Å². The van der Waals surface area contributed by atoms with Crippen LogP contribution in [-0.4, -0.2) is 42.4 Å². The number of ether oxygens (including phenoxy) is 1. The number of aliphatic hydroxyl groups excluding tert-OH is 1. The summed E-state index contributed by atoms with van der Waals surface area (Å²) in [7, 11) is 3.83. The molecule has 3 nitrogen and oxygen atoms in total. The van der Waals surface area contributed by atoms with Gasteiger partial charge in [0.1, 0.15) is 5.75 Å². The Morgan fingerprint density at radius 2 is 1.94 bits per heavy atom. The number of aliphatic hydroxyl groups is 1. The average molecular weight is 247 g/mol. The Morgan fingerprint density at radius 3 is 2.61 bits per heavy atom. The van der Waals surface area contributed by atoms with Crippen molar-refractivity contribution in [1.82, 2.24) is 4.90 Å². The lowest BCUT2D eigenvalue weighted by molar-refractivity contribution is 0.0112. The molecule has 0 spiro atoms. The maximum Gasteiger partial charge on any atom is 0.118 e. The normalized spacial score (nSPS) is 35.7. The number of hydrogen-bond acceptors (Lipinski definition) is 3. The van der Waals surface area contributed by atoms with Gasteiger partial charge in [-0.2, -0.15) is 0 Å². The van der Waals surface area contributed by atoms with Crippen LogP contribution in [-0.2, 0) is 0 Å². The van der Waals surface area contributed by atoms with E-state index in [0.29, 0.717) is 12.1 Å². The summed E-state index contributed by atoms with van der Waals surface area (Å²) < 4.78 is 5.18. The fourth-order valence-electron chi connectivity index (χ4n) is 3.62. The SMILES string of the molecule is COc1ccc([C@@H]2C[C@H]3CC[C@H]([C@@H]2O)N3C)cc1. The highest BCUT2D eigenvalue weighted by atomic mass is 16.5. The van der Waals surface area contributed by atoms with Crippen molar-refractivity contribution in [2.24, 2.45) is 0 Å². The first-order chi connectivity index (χ1) is 8.70. The lowest BCUT2D eigenvalue weighted by Gasteiger charge is -2.40. The molecule has 0 amide bonds. The van der Waals surface area contributed by atoms with Crippen LogP contribution in [0.3, 0.4) is 0 Å². The van der Waals surface area contributed by atoms with Crippen molar-refractivity contribution >= 4 is 0 Å². The molecule has 2 bridgehead atoms. The van der Waals surface area contributed by atoms with Gasteiger partial charge in [-0.3, -0.25) is 4.90 Å².